The third kappa shape index (κ3) is 8.13. The molecule has 0 spiro atoms. The number of hydrogen-bond donors (Lipinski definition) is 1. The molecule has 1 aromatic rings. The zero-order valence-electron chi connectivity index (χ0n) is 25.1. The number of amides is 2. The van der Waals surface area contributed by atoms with E-state index in [2.05, 4.69) is 30.8 Å². The summed E-state index contributed by atoms with van der Waals surface area (Å²) in [5.74, 6) is -0.401. The van der Waals surface area contributed by atoms with Crippen LogP contribution in [-0.4, -0.2) is 115 Å². The van der Waals surface area contributed by atoms with Crippen LogP contribution in [0.5, 0.6) is 11.5 Å². The van der Waals surface area contributed by atoms with E-state index in [0.717, 1.165) is 50.6 Å². The molecule has 0 saturated carbocycles. The molecule has 3 atom stereocenters. The third-order valence-corrected chi connectivity index (χ3v) is 8.73. The molecule has 10 nitrogen and oxygen atoms in total. The van der Waals surface area contributed by atoms with Crippen LogP contribution in [0.15, 0.2) is 18.2 Å². The molecule has 3 aliphatic heterocycles. The number of hydrogen-bond acceptors (Lipinski definition) is 7. The summed E-state index contributed by atoms with van der Waals surface area (Å²) in [5.41, 5.74) is 0.877. The minimum atomic E-state index is -0.871. The Kier molecular flexibility index (Phi) is 11.3. The molecule has 4 rings (SSSR count). The zero-order chi connectivity index (χ0) is 29.4. The number of unbranched alkanes of at least 4 members (excludes halogenated alkanes) is 2. The van der Waals surface area contributed by atoms with Gasteiger partial charge in [0.05, 0.1) is 12.5 Å². The Morgan fingerprint density at radius 2 is 1.80 bits per heavy atom. The predicted octanol–water partition coefficient (Wildman–Crippen LogP) is 3.26. The SMILES string of the molecule is CCCCN(CCCCN(C)C)C(=O)CN1CC(c2ccc3c(c2)OCO3)C(C(=O)O)C1CCN1CCCCC1=O. The summed E-state index contributed by atoms with van der Waals surface area (Å²) < 4.78 is 11.1. The van der Waals surface area contributed by atoms with Gasteiger partial charge in [0.25, 0.3) is 0 Å². The first-order valence-electron chi connectivity index (χ1n) is 15.3. The smallest absolute Gasteiger partial charge is 0.308 e. The fraction of sp³-hybridized carbons (Fsp3) is 0.710. The lowest BCUT2D eigenvalue weighted by Crippen LogP contribution is -2.46. The van der Waals surface area contributed by atoms with Crippen LogP contribution < -0.4 is 9.47 Å². The summed E-state index contributed by atoms with van der Waals surface area (Å²) in [6.07, 6.45) is 6.86. The van der Waals surface area contributed by atoms with Crippen molar-refractivity contribution >= 4 is 17.8 Å². The van der Waals surface area contributed by atoms with Crippen molar-refractivity contribution < 1.29 is 29.0 Å². The molecule has 41 heavy (non-hydrogen) atoms. The fourth-order valence-corrected chi connectivity index (χ4v) is 6.43. The summed E-state index contributed by atoms with van der Waals surface area (Å²) in [6, 6.07) is 5.29. The summed E-state index contributed by atoms with van der Waals surface area (Å²) in [5, 5.41) is 10.5. The molecule has 3 unspecified atom stereocenters. The van der Waals surface area contributed by atoms with E-state index in [-0.39, 0.29) is 37.1 Å². The van der Waals surface area contributed by atoms with E-state index in [1.165, 1.54) is 0 Å². The van der Waals surface area contributed by atoms with Crippen molar-refractivity contribution in [1.29, 1.82) is 0 Å². The van der Waals surface area contributed by atoms with Crippen molar-refractivity contribution in [3.8, 4) is 11.5 Å². The minimum Gasteiger partial charge on any atom is -0.481 e. The van der Waals surface area contributed by atoms with Crippen LogP contribution in [0.3, 0.4) is 0 Å². The van der Waals surface area contributed by atoms with Crippen molar-refractivity contribution in [3.05, 3.63) is 23.8 Å². The van der Waals surface area contributed by atoms with Crippen molar-refractivity contribution in [2.24, 2.45) is 5.92 Å². The van der Waals surface area contributed by atoms with Gasteiger partial charge in [0.1, 0.15) is 0 Å². The van der Waals surface area contributed by atoms with Crippen molar-refractivity contribution in [2.45, 2.75) is 70.3 Å². The van der Waals surface area contributed by atoms with E-state index in [9.17, 15) is 19.5 Å². The Balaban J connectivity index is 1.53. The molecule has 0 aromatic heterocycles. The minimum absolute atomic E-state index is 0.0535. The second-order valence-corrected chi connectivity index (χ2v) is 12.0. The standard InChI is InChI=1S/C31H48N4O6/c1-4-5-15-33(17-9-8-14-32(2)3)29(37)21-35-20-24(23-11-12-26-27(19-23)41-22-40-26)30(31(38)39)25(35)13-18-34-16-7-6-10-28(34)36/h11-12,19,24-25,30H,4-10,13-18,20-22H2,1-3H3,(H,38,39). The lowest BCUT2D eigenvalue weighted by Gasteiger charge is -2.32. The first-order valence-corrected chi connectivity index (χ1v) is 15.3. The number of nitrogens with zero attached hydrogens (tertiary/aromatic N) is 4. The van der Waals surface area contributed by atoms with Gasteiger partial charge in [-0.2, -0.15) is 0 Å². The number of carboxylic acids is 1. The van der Waals surface area contributed by atoms with E-state index in [1.807, 2.05) is 28.0 Å². The van der Waals surface area contributed by atoms with Gasteiger partial charge in [-0.15, -0.1) is 0 Å². The lowest BCUT2D eigenvalue weighted by atomic mass is 9.84. The highest BCUT2D eigenvalue weighted by atomic mass is 16.7. The maximum atomic E-state index is 13.7. The van der Waals surface area contributed by atoms with Crippen LogP contribution in [0.25, 0.3) is 0 Å². The van der Waals surface area contributed by atoms with Crippen LogP contribution >= 0.6 is 0 Å². The van der Waals surface area contributed by atoms with Crippen molar-refractivity contribution in [2.75, 3.05) is 66.7 Å². The quantitative estimate of drug-likeness (QED) is 0.320. The predicted molar refractivity (Wildman–Crippen MR) is 156 cm³/mol. The van der Waals surface area contributed by atoms with Gasteiger partial charge in [-0.1, -0.05) is 19.4 Å². The second kappa shape index (κ2) is 14.9. The summed E-state index contributed by atoms with van der Waals surface area (Å²) in [6.45, 7) is 6.55. The summed E-state index contributed by atoms with van der Waals surface area (Å²) >= 11 is 0. The summed E-state index contributed by atoms with van der Waals surface area (Å²) in [7, 11) is 4.11. The first-order chi connectivity index (χ1) is 19.8. The Hall–Kier alpha value is -2.85. The highest BCUT2D eigenvalue weighted by Crippen LogP contribution is 2.42. The average molecular weight is 573 g/mol. The number of carbonyl (C=O) groups is 3. The fourth-order valence-electron chi connectivity index (χ4n) is 6.43. The number of ether oxygens (including phenoxy) is 2. The molecule has 2 fully saturated rings. The number of likely N-dealkylation sites (tertiary alicyclic amines) is 2. The number of fused-ring (bicyclic) bond motifs is 1. The second-order valence-electron chi connectivity index (χ2n) is 12.0. The van der Waals surface area contributed by atoms with Gasteiger partial charge in [-0.25, -0.2) is 0 Å². The van der Waals surface area contributed by atoms with Crippen molar-refractivity contribution in [3.63, 3.8) is 0 Å². The molecule has 2 saturated heterocycles. The van der Waals surface area contributed by atoms with E-state index in [4.69, 9.17) is 9.47 Å². The van der Waals surface area contributed by atoms with Gasteiger partial charge < -0.3 is 29.3 Å². The van der Waals surface area contributed by atoms with Gasteiger partial charge >= 0.3 is 5.97 Å². The summed E-state index contributed by atoms with van der Waals surface area (Å²) in [4.78, 5) is 47.1. The molecular weight excluding hydrogens is 524 g/mol. The first kappa shape index (κ1) is 31.1. The Bertz CT molecular complexity index is 1050. The van der Waals surface area contributed by atoms with Crippen LogP contribution in [0.4, 0.5) is 0 Å². The largest absolute Gasteiger partial charge is 0.481 e. The molecular formula is C31H48N4O6. The Morgan fingerprint density at radius 1 is 1.05 bits per heavy atom. The highest BCUT2D eigenvalue weighted by molar-refractivity contribution is 5.79. The number of benzene rings is 1. The molecule has 10 heteroatoms. The van der Waals surface area contributed by atoms with Gasteiger partial charge in [0.2, 0.25) is 18.6 Å². The molecule has 228 valence electrons. The molecule has 0 radical (unpaired) electrons. The van der Waals surface area contributed by atoms with E-state index in [1.54, 1.807) is 0 Å². The van der Waals surface area contributed by atoms with Crippen molar-refractivity contribution in [1.82, 2.24) is 19.6 Å². The van der Waals surface area contributed by atoms with Crippen LogP contribution in [0.1, 0.15) is 69.8 Å². The van der Waals surface area contributed by atoms with Crippen LogP contribution in [0.2, 0.25) is 0 Å². The molecule has 1 aromatic carbocycles. The molecule has 0 aliphatic carbocycles. The van der Waals surface area contributed by atoms with Gasteiger partial charge in [-0.3, -0.25) is 19.3 Å². The topological polar surface area (TPSA) is 103 Å². The maximum absolute atomic E-state index is 13.7. The molecule has 0 bridgehead atoms. The van der Waals surface area contributed by atoms with Gasteiger partial charge in [0.15, 0.2) is 11.5 Å². The highest BCUT2D eigenvalue weighted by Gasteiger charge is 2.47. The van der Waals surface area contributed by atoms with Gasteiger partial charge in [-0.05, 0) is 76.9 Å². The number of carbonyl (C=O) groups excluding carboxylic acids is 2. The van der Waals surface area contributed by atoms with Crippen LogP contribution in [-0.2, 0) is 14.4 Å². The zero-order valence-corrected chi connectivity index (χ0v) is 25.1. The maximum Gasteiger partial charge on any atom is 0.308 e. The molecule has 1 N–H and O–H groups in total. The average Bonchev–Trinajstić information content (AvgIpc) is 3.56. The molecule has 3 heterocycles. The lowest BCUT2D eigenvalue weighted by molar-refractivity contribution is -0.144. The van der Waals surface area contributed by atoms with E-state index in [0.29, 0.717) is 57.1 Å². The molecule has 2 amide bonds. The molecule has 3 aliphatic rings. The van der Waals surface area contributed by atoms with Crippen LogP contribution in [0, 0.1) is 5.92 Å². The normalized spacial score (nSPS) is 22.5. The number of aliphatic carboxylic acids is 1. The number of piperidine rings is 1. The monoisotopic (exact) mass is 572 g/mol. The van der Waals surface area contributed by atoms with E-state index < -0.39 is 11.9 Å². The van der Waals surface area contributed by atoms with E-state index >= 15 is 0 Å². The van der Waals surface area contributed by atoms with Gasteiger partial charge in [0, 0.05) is 51.1 Å². The number of rotatable bonds is 15. The Morgan fingerprint density at radius 3 is 2.54 bits per heavy atom. The Labute approximate surface area is 244 Å². The number of carboxylic acid groups (broad SMARTS) is 1. The third-order valence-electron chi connectivity index (χ3n) is 8.73.